The second-order valence-corrected chi connectivity index (χ2v) is 4.42. The summed E-state index contributed by atoms with van der Waals surface area (Å²) < 4.78 is 26.2. The Balaban J connectivity index is 2.50. The lowest BCUT2D eigenvalue weighted by Crippen LogP contribution is -2.05. The Hall–Kier alpha value is -2.34. The van der Waals surface area contributed by atoms with Crippen LogP contribution >= 0.6 is 11.6 Å². The van der Waals surface area contributed by atoms with Crippen molar-refractivity contribution in [2.45, 2.75) is 0 Å². The molecule has 20 heavy (non-hydrogen) atoms. The quantitative estimate of drug-likeness (QED) is 0.756. The van der Waals surface area contributed by atoms with Gasteiger partial charge in [-0.25, -0.2) is 13.6 Å². The smallest absolute Gasteiger partial charge is 0.337 e. The third kappa shape index (κ3) is 2.97. The molecule has 0 saturated heterocycles. The Morgan fingerprint density at radius 1 is 1.15 bits per heavy atom. The van der Waals surface area contributed by atoms with Gasteiger partial charge in [-0.05, 0) is 24.3 Å². The highest BCUT2D eigenvalue weighted by Gasteiger charge is 2.15. The van der Waals surface area contributed by atoms with Gasteiger partial charge in [-0.1, -0.05) is 11.6 Å². The van der Waals surface area contributed by atoms with Crippen molar-refractivity contribution in [2.75, 3.05) is 11.1 Å². The van der Waals surface area contributed by atoms with Gasteiger partial charge in [0.05, 0.1) is 16.3 Å². The van der Waals surface area contributed by atoms with Crippen LogP contribution < -0.4 is 11.1 Å². The predicted octanol–water partition coefficient (Wildman–Crippen LogP) is 3.64. The number of carboxylic acid groups (broad SMARTS) is 1. The van der Waals surface area contributed by atoms with Gasteiger partial charge >= 0.3 is 5.97 Å². The van der Waals surface area contributed by atoms with Gasteiger partial charge in [-0.3, -0.25) is 0 Å². The van der Waals surface area contributed by atoms with E-state index in [1.807, 2.05) is 0 Å². The lowest BCUT2D eigenvalue weighted by atomic mass is 10.1. The molecule has 0 amide bonds. The molecule has 0 bridgehead atoms. The number of nitrogen functional groups attached to an aromatic ring is 1. The van der Waals surface area contributed by atoms with E-state index in [0.717, 1.165) is 12.1 Å². The minimum absolute atomic E-state index is 0.0124. The second kappa shape index (κ2) is 5.34. The molecule has 2 aromatic carbocycles. The van der Waals surface area contributed by atoms with Crippen LogP contribution in [-0.2, 0) is 0 Å². The molecule has 2 rings (SSSR count). The van der Waals surface area contributed by atoms with Crippen molar-refractivity contribution in [1.82, 2.24) is 0 Å². The fraction of sp³-hybridized carbons (Fsp3) is 0. The predicted molar refractivity (Wildman–Crippen MR) is 72.5 cm³/mol. The summed E-state index contributed by atoms with van der Waals surface area (Å²) in [5.41, 5.74) is 5.54. The summed E-state index contributed by atoms with van der Waals surface area (Å²) in [5.74, 6) is -2.86. The van der Waals surface area contributed by atoms with Crippen molar-refractivity contribution in [2.24, 2.45) is 0 Å². The number of carboxylic acids is 1. The third-order valence-electron chi connectivity index (χ3n) is 2.47. The van der Waals surface area contributed by atoms with Crippen molar-refractivity contribution in [3.63, 3.8) is 0 Å². The molecule has 0 heterocycles. The lowest BCUT2D eigenvalue weighted by molar-refractivity contribution is 0.0698. The van der Waals surface area contributed by atoms with Crippen molar-refractivity contribution in [1.29, 1.82) is 0 Å². The molecule has 0 aliphatic carbocycles. The lowest BCUT2D eigenvalue weighted by Gasteiger charge is -2.12. The van der Waals surface area contributed by atoms with E-state index in [1.165, 1.54) is 12.1 Å². The van der Waals surface area contributed by atoms with Gasteiger partial charge in [0.15, 0.2) is 0 Å². The average molecular weight is 299 g/mol. The first-order valence-electron chi connectivity index (χ1n) is 5.42. The van der Waals surface area contributed by atoms with Crippen LogP contribution in [0.1, 0.15) is 10.4 Å². The number of aromatic carboxylic acids is 1. The molecular weight excluding hydrogens is 290 g/mol. The molecule has 0 fully saturated rings. The number of anilines is 3. The van der Waals surface area contributed by atoms with Gasteiger partial charge in [-0.2, -0.15) is 0 Å². The molecule has 0 aliphatic rings. The summed E-state index contributed by atoms with van der Waals surface area (Å²) in [7, 11) is 0. The molecule has 0 aliphatic heterocycles. The van der Waals surface area contributed by atoms with Crippen LogP contribution in [0.3, 0.4) is 0 Å². The number of rotatable bonds is 3. The van der Waals surface area contributed by atoms with Crippen LogP contribution in [0.15, 0.2) is 30.3 Å². The number of hydrogen-bond donors (Lipinski definition) is 3. The highest BCUT2D eigenvalue weighted by Crippen LogP contribution is 2.32. The molecule has 7 heteroatoms. The first-order valence-corrected chi connectivity index (χ1v) is 5.80. The number of benzene rings is 2. The summed E-state index contributed by atoms with van der Waals surface area (Å²) in [6.07, 6.45) is 0. The molecule has 0 spiro atoms. The van der Waals surface area contributed by atoms with Gasteiger partial charge < -0.3 is 16.2 Å². The van der Waals surface area contributed by atoms with E-state index in [-0.39, 0.29) is 27.6 Å². The van der Waals surface area contributed by atoms with E-state index in [2.05, 4.69) is 5.32 Å². The molecule has 0 saturated carbocycles. The zero-order chi connectivity index (χ0) is 14.9. The Labute approximate surface area is 117 Å². The zero-order valence-corrected chi connectivity index (χ0v) is 10.7. The Morgan fingerprint density at radius 2 is 1.75 bits per heavy atom. The molecule has 4 N–H and O–H groups in total. The number of nitrogens with one attached hydrogen (secondary N) is 1. The fourth-order valence-electron chi connectivity index (χ4n) is 1.69. The molecule has 0 atom stereocenters. The largest absolute Gasteiger partial charge is 0.478 e. The molecule has 0 radical (unpaired) electrons. The summed E-state index contributed by atoms with van der Waals surface area (Å²) in [6.45, 7) is 0. The Morgan fingerprint density at radius 3 is 2.30 bits per heavy atom. The van der Waals surface area contributed by atoms with Crippen LogP contribution in [-0.4, -0.2) is 11.1 Å². The minimum Gasteiger partial charge on any atom is -0.478 e. The second-order valence-electron chi connectivity index (χ2n) is 4.01. The summed E-state index contributed by atoms with van der Waals surface area (Å²) in [4.78, 5) is 11.1. The zero-order valence-electron chi connectivity index (χ0n) is 9.95. The maximum absolute atomic E-state index is 13.1. The number of halogens is 3. The first kappa shape index (κ1) is 14.1. The molecule has 0 aromatic heterocycles. The number of hydrogen-bond acceptors (Lipinski definition) is 3. The molecule has 4 nitrogen and oxygen atoms in total. The first-order chi connectivity index (χ1) is 9.36. The van der Waals surface area contributed by atoms with E-state index < -0.39 is 17.6 Å². The minimum atomic E-state index is -1.27. The normalized spacial score (nSPS) is 10.3. The van der Waals surface area contributed by atoms with Crippen molar-refractivity contribution < 1.29 is 18.7 Å². The van der Waals surface area contributed by atoms with E-state index in [1.54, 1.807) is 0 Å². The third-order valence-corrected chi connectivity index (χ3v) is 2.77. The Kier molecular flexibility index (Phi) is 3.76. The summed E-state index contributed by atoms with van der Waals surface area (Å²) >= 11 is 5.91. The molecular formula is C13H9ClF2N2O2. The van der Waals surface area contributed by atoms with Crippen LogP contribution in [0.2, 0.25) is 5.02 Å². The van der Waals surface area contributed by atoms with E-state index in [4.69, 9.17) is 22.4 Å². The van der Waals surface area contributed by atoms with Gasteiger partial charge in [0, 0.05) is 17.4 Å². The van der Waals surface area contributed by atoms with E-state index in [9.17, 15) is 13.6 Å². The van der Waals surface area contributed by atoms with E-state index >= 15 is 0 Å². The van der Waals surface area contributed by atoms with Crippen LogP contribution in [0.4, 0.5) is 25.8 Å². The average Bonchev–Trinajstić information content (AvgIpc) is 2.30. The van der Waals surface area contributed by atoms with Crippen LogP contribution in [0, 0.1) is 11.6 Å². The summed E-state index contributed by atoms with van der Waals surface area (Å²) in [5, 5.41) is 11.7. The van der Waals surface area contributed by atoms with Crippen molar-refractivity contribution >= 4 is 34.6 Å². The monoisotopic (exact) mass is 298 g/mol. The topological polar surface area (TPSA) is 75.3 Å². The molecule has 2 aromatic rings. The van der Waals surface area contributed by atoms with Gasteiger partial charge in [0.2, 0.25) is 0 Å². The maximum atomic E-state index is 13.1. The van der Waals surface area contributed by atoms with Gasteiger partial charge in [0.25, 0.3) is 0 Å². The maximum Gasteiger partial charge on any atom is 0.337 e. The SMILES string of the molecule is Nc1cc(Cl)c(Nc2cc(F)cc(F)c2)c(C(=O)O)c1. The van der Waals surface area contributed by atoms with Gasteiger partial charge in [0.1, 0.15) is 11.6 Å². The number of nitrogens with two attached hydrogens (primary N) is 1. The number of carbonyl (C=O) groups is 1. The fourth-order valence-corrected chi connectivity index (χ4v) is 1.97. The van der Waals surface area contributed by atoms with Crippen molar-refractivity contribution in [3.05, 3.63) is 52.6 Å². The molecule has 104 valence electrons. The van der Waals surface area contributed by atoms with E-state index in [0.29, 0.717) is 6.07 Å². The highest BCUT2D eigenvalue weighted by molar-refractivity contribution is 6.34. The van der Waals surface area contributed by atoms with Gasteiger partial charge in [-0.15, -0.1) is 0 Å². The molecule has 0 unspecified atom stereocenters. The standard InChI is InChI=1S/C13H9ClF2N2O2/c14-11-5-8(17)4-10(13(19)20)12(11)18-9-2-6(15)1-7(16)3-9/h1-5,18H,17H2,(H,19,20). The summed E-state index contributed by atoms with van der Waals surface area (Å²) in [6, 6.07) is 5.27. The van der Waals surface area contributed by atoms with Crippen molar-refractivity contribution in [3.8, 4) is 0 Å². The highest BCUT2D eigenvalue weighted by atomic mass is 35.5. The Bertz CT molecular complexity index is 672. The van der Waals surface area contributed by atoms with Crippen LogP contribution in [0.5, 0.6) is 0 Å². The van der Waals surface area contributed by atoms with Crippen LogP contribution in [0.25, 0.3) is 0 Å².